The van der Waals surface area contributed by atoms with Gasteiger partial charge in [-0.1, -0.05) is 36.4 Å². The minimum absolute atomic E-state index is 0.315. The second-order valence-corrected chi connectivity index (χ2v) is 9.79. The largest absolute Gasteiger partial charge is 0.389 e. The number of nitrogens with zero attached hydrogens (tertiary/aromatic N) is 2. The van der Waals surface area contributed by atoms with E-state index in [0.717, 1.165) is 55.8 Å². The van der Waals surface area contributed by atoms with E-state index in [1.807, 2.05) is 0 Å². The number of hydrogen-bond acceptors (Lipinski definition) is 3. The molecular formula is C26H31N3O. The van der Waals surface area contributed by atoms with Gasteiger partial charge in [0.15, 0.2) is 0 Å². The first kappa shape index (κ1) is 18.6. The molecule has 0 radical (unpaired) electrons. The number of likely N-dealkylation sites (tertiary alicyclic amines) is 1. The van der Waals surface area contributed by atoms with Crippen LogP contribution in [0.3, 0.4) is 0 Å². The van der Waals surface area contributed by atoms with Crippen LogP contribution in [0.2, 0.25) is 0 Å². The van der Waals surface area contributed by atoms with Crippen LogP contribution in [-0.4, -0.2) is 45.2 Å². The Bertz CT molecular complexity index is 1030. The topological polar surface area (TPSA) is 52.1 Å². The van der Waals surface area contributed by atoms with Gasteiger partial charge in [-0.2, -0.15) is 0 Å². The van der Waals surface area contributed by atoms with Gasteiger partial charge in [0.25, 0.3) is 0 Å². The van der Waals surface area contributed by atoms with Gasteiger partial charge in [0.2, 0.25) is 0 Å². The lowest BCUT2D eigenvalue weighted by Gasteiger charge is -2.50. The molecule has 4 heteroatoms. The summed E-state index contributed by atoms with van der Waals surface area (Å²) in [4.78, 5) is 11.0. The molecule has 7 rings (SSSR count). The predicted octanol–water partition coefficient (Wildman–Crippen LogP) is 4.93. The molecule has 1 unspecified atom stereocenters. The van der Waals surface area contributed by atoms with E-state index in [0.29, 0.717) is 17.8 Å². The Morgan fingerprint density at radius 1 is 1.00 bits per heavy atom. The summed E-state index contributed by atoms with van der Waals surface area (Å²) in [7, 11) is 0. The molecule has 1 saturated heterocycles. The van der Waals surface area contributed by atoms with E-state index in [1.165, 1.54) is 30.4 Å². The molecule has 2 bridgehead atoms. The number of fused-ring (bicyclic) bond motifs is 3. The van der Waals surface area contributed by atoms with Gasteiger partial charge in [-0.05, 0) is 74.2 Å². The van der Waals surface area contributed by atoms with Gasteiger partial charge in [-0.15, -0.1) is 0 Å². The fraction of sp³-hybridized carbons (Fsp3) is 0.500. The molecule has 3 aromatic rings. The van der Waals surface area contributed by atoms with Gasteiger partial charge in [0, 0.05) is 24.9 Å². The minimum Gasteiger partial charge on any atom is -0.389 e. The first-order valence-electron chi connectivity index (χ1n) is 11.7. The molecule has 2 N–H and O–H groups in total. The van der Waals surface area contributed by atoms with E-state index >= 15 is 0 Å². The molecule has 1 saturated carbocycles. The Hall–Kier alpha value is -2.17. The lowest BCUT2D eigenvalue weighted by Crippen LogP contribution is -2.48. The lowest BCUT2D eigenvalue weighted by molar-refractivity contribution is -0.0475. The molecule has 2 fully saturated rings. The van der Waals surface area contributed by atoms with Crippen LogP contribution < -0.4 is 0 Å². The number of aromatic amines is 1. The Morgan fingerprint density at radius 3 is 2.73 bits per heavy atom. The summed E-state index contributed by atoms with van der Waals surface area (Å²) in [6, 6.07) is 17.2. The standard InChI is InChI=1S/C26H31N3O/c30-26(16-18-11-12-22(26)21-8-2-1-7-20(18)21)13-15-29-14-5-6-19(17-29)25-27-23-9-3-4-10-24(23)28-25/h1-4,7-10,18-19,22,30H,5-6,11-17H2,(H,27,28)/t18-,19?,22-,26+/m1/s1. The number of para-hydroxylation sites is 2. The number of hydrogen-bond donors (Lipinski definition) is 2. The molecule has 1 aliphatic heterocycles. The zero-order valence-electron chi connectivity index (χ0n) is 17.6. The Labute approximate surface area is 178 Å². The average molecular weight is 402 g/mol. The van der Waals surface area contributed by atoms with E-state index in [2.05, 4.69) is 58.4 Å². The summed E-state index contributed by atoms with van der Waals surface area (Å²) in [6.45, 7) is 3.16. The molecule has 0 amide bonds. The highest BCUT2D eigenvalue weighted by atomic mass is 16.3. The zero-order valence-corrected chi connectivity index (χ0v) is 17.6. The molecule has 1 aromatic heterocycles. The van der Waals surface area contributed by atoms with Gasteiger partial charge in [0.1, 0.15) is 5.82 Å². The number of benzene rings is 2. The summed E-state index contributed by atoms with van der Waals surface area (Å²) in [6.07, 6.45) is 6.60. The molecule has 4 aliphatic rings. The summed E-state index contributed by atoms with van der Waals surface area (Å²) in [5, 5.41) is 11.7. The lowest BCUT2D eigenvalue weighted by atomic mass is 9.58. The Kier molecular flexibility index (Phi) is 4.47. The smallest absolute Gasteiger partial charge is 0.111 e. The first-order chi connectivity index (χ1) is 14.7. The van der Waals surface area contributed by atoms with Crippen LogP contribution in [0.1, 0.15) is 73.2 Å². The van der Waals surface area contributed by atoms with E-state index in [9.17, 15) is 5.11 Å². The number of aromatic nitrogens is 2. The number of imidazole rings is 1. The predicted molar refractivity (Wildman–Crippen MR) is 120 cm³/mol. The van der Waals surface area contributed by atoms with Crippen molar-refractivity contribution in [1.82, 2.24) is 14.9 Å². The molecule has 30 heavy (non-hydrogen) atoms. The first-order valence-corrected chi connectivity index (χ1v) is 11.7. The van der Waals surface area contributed by atoms with E-state index in [-0.39, 0.29) is 0 Å². The maximum absolute atomic E-state index is 11.7. The average Bonchev–Trinajstić information content (AvgIpc) is 3.23. The van der Waals surface area contributed by atoms with Gasteiger partial charge >= 0.3 is 0 Å². The molecular weight excluding hydrogens is 370 g/mol. The van der Waals surface area contributed by atoms with Crippen molar-refractivity contribution in [1.29, 1.82) is 0 Å². The number of aliphatic hydroxyl groups is 1. The fourth-order valence-electron chi connectivity index (χ4n) is 6.49. The highest BCUT2D eigenvalue weighted by Crippen LogP contribution is 2.55. The molecule has 2 heterocycles. The van der Waals surface area contributed by atoms with Crippen LogP contribution >= 0.6 is 0 Å². The second kappa shape index (κ2) is 7.21. The quantitative estimate of drug-likeness (QED) is 0.652. The van der Waals surface area contributed by atoms with Crippen molar-refractivity contribution >= 4 is 11.0 Å². The number of nitrogens with one attached hydrogen (secondary N) is 1. The summed E-state index contributed by atoms with van der Waals surface area (Å²) >= 11 is 0. The number of piperidine rings is 1. The number of H-pyrrole nitrogens is 1. The van der Waals surface area contributed by atoms with Crippen LogP contribution in [0, 0.1) is 0 Å². The van der Waals surface area contributed by atoms with Crippen molar-refractivity contribution in [2.45, 2.75) is 61.9 Å². The third-order valence-electron chi connectivity index (χ3n) is 8.02. The van der Waals surface area contributed by atoms with Gasteiger partial charge < -0.3 is 15.0 Å². The van der Waals surface area contributed by atoms with E-state index < -0.39 is 5.60 Å². The highest BCUT2D eigenvalue weighted by Gasteiger charge is 2.48. The summed E-state index contributed by atoms with van der Waals surface area (Å²) in [5.41, 5.74) is 4.58. The Morgan fingerprint density at radius 2 is 1.83 bits per heavy atom. The fourth-order valence-corrected chi connectivity index (χ4v) is 6.49. The van der Waals surface area contributed by atoms with Gasteiger partial charge in [0.05, 0.1) is 16.6 Å². The maximum atomic E-state index is 11.7. The molecule has 4 nitrogen and oxygen atoms in total. The third-order valence-corrected chi connectivity index (χ3v) is 8.02. The van der Waals surface area contributed by atoms with Crippen LogP contribution in [0.4, 0.5) is 0 Å². The second-order valence-electron chi connectivity index (χ2n) is 9.79. The SMILES string of the molecule is O[C@@]1(CCN2CCCC(c3nc4ccccc4[nH]3)C2)C[C@H]2CC[C@@H]1c1ccccc12. The normalized spacial score (nSPS) is 31.2. The third kappa shape index (κ3) is 3.09. The highest BCUT2D eigenvalue weighted by molar-refractivity contribution is 5.74. The van der Waals surface area contributed by atoms with E-state index in [1.54, 1.807) is 0 Å². The van der Waals surface area contributed by atoms with Crippen molar-refractivity contribution < 1.29 is 5.11 Å². The molecule has 4 atom stereocenters. The van der Waals surface area contributed by atoms with Crippen molar-refractivity contribution in [3.05, 3.63) is 65.5 Å². The van der Waals surface area contributed by atoms with Gasteiger partial charge in [-0.25, -0.2) is 4.98 Å². The van der Waals surface area contributed by atoms with Crippen molar-refractivity contribution in [3.63, 3.8) is 0 Å². The summed E-state index contributed by atoms with van der Waals surface area (Å²) < 4.78 is 0. The van der Waals surface area contributed by atoms with Crippen LogP contribution in [-0.2, 0) is 0 Å². The van der Waals surface area contributed by atoms with Crippen molar-refractivity contribution in [2.24, 2.45) is 0 Å². The zero-order chi connectivity index (χ0) is 20.1. The Balaban J connectivity index is 1.15. The molecule has 3 aliphatic carbocycles. The summed E-state index contributed by atoms with van der Waals surface area (Å²) in [5.74, 6) is 2.45. The number of rotatable bonds is 4. The minimum atomic E-state index is -0.538. The van der Waals surface area contributed by atoms with E-state index in [4.69, 9.17) is 4.98 Å². The monoisotopic (exact) mass is 401 g/mol. The maximum Gasteiger partial charge on any atom is 0.111 e. The van der Waals surface area contributed by atoms with Crippen LogP contribution in [0.25, 0.3) is 11.0 Å². The molecule has 156 valence electrons. The van der Waals surface area contributed by atoms with Crippen LogP contribution in [0.5, 0.6) is 0 Å². The molecule has 0 spiro atoms. The molecule has 2 aromatic carbocycles. The van der Waals surface area contributed by atoms with Gasteiger partial charge in [-0.3, -0.25) is 0 Å². The van der Waals surface area contributed by atoms with Crippen molar-refractivity contribution in [3.8, 4) is 0 Å². The van der Waals surface area contributed by atoms with Crippen LogP contribution in [0.15, 0.2) is 48.5 Å². The van der Waals surface area contributed by atoms with Crippen molar-refractivity contribution in [2.75, 3.05) is 19.6 Å².